The van der Waals surface area contributed by atoms with Gasteiger partial charge in [0, 0.05) is 23.2 Å². The number of amides is 2. The molecular formula is C28H27ClN2O5. The maximum Gasteiger partial charge on any atom is 0.254 e. The largest absolute Gasteiger partial charge is 0.495 e. The summed E-state index contributed by atoms with van der Waals surface area (Å²) in [6.07, 6.45) is 0.651. The minimum Gasteiger partial charge on any atom is -0.495 e. The average Bonchev–Trinajstić information content (AvgIpc) is 2.89. The van der Waals surface area contributed by atoms with Crippen molar-refractivity contribution in [2.24, 2.45) is 0 Å². The molecule has 0 aromatic heterocycles. The molecule has 0 saturated carbocycles. The Hall–Kier alpha value is -3.71. The minimum absolute atomic E-state index is 0.0833. The summed E-state index contributed by atoms with van der Waals surface area (Å²) in [7, 11) is 4.70. The van der Waals surface area contributed by atoms with Crippen molar-refractivity contribution in [2.75, 3.05) is 33.2 Å². The van der Waals surface area contributed by atoms with Crippen LogP contribution in [-0.4, -0.2) is 44.6 Å². The van der Waals surface area contributed by atoms with Crippen LogP contribution < -0.4 is 19.5 Å². The molecule has 0 unspecified atom stereocenters. The van der Waals surface area contributed by atoms with Crippen LogP contribution in [0, 0.1) is 6.92 Å². The summed E-state index contributed by atoms with van der Waals surface area (Å²) in [5, 5.41) is 3.60. The summed E-state index contributed by atoms with van der Waals surface area (Å²) in [4.78, 5) is 29.4. The van der Waals surface area contributed by atoms with Crippen LogP contribution in [0.3, 0.4) is 0 Å². The Balaban J connectivity index is 1.65. The highest BCUT2D eigenvalue weighted by molar-refractivity contribution is 6.31. The molecule has 3 aromatic rings. The Kier molecular flexibility index (Phi) is 6.26. The molecule has 0 radical (unpaired) electrons. The number of fused-ring (bicyclic) bond motifs is 4. The molecule has 1 N–H and O–H groups in total. The van der Waals surface area contributed by atoms with Crippen molar-refractivity contribution in [2.45, 2.75) is 25.3 Å². The highest BCUT2D eigenvalue weighted by Crippen LogP contribution is 2.48. The van der Waals surface area contributed by atoms with Gasteiger partial charge in [0.2, 0.25) is 5.91 Å². The third-order valence-electron chi connectivity index (χ3n) is 7.05. The Morgan fingerprint density at radius 1 is 0.972 bits per heavy atom. The van der Waals surface area contributed by atoms with Crippen LogP contribution in [0.2, 0.25) is 5.02 Å². The van der Waals surface area contributed by atoms with Crippen LogP contribution in [0.25, 0.3) is 0 Å². The van der Waals surface area contributed by atoms with E-state index in [2.05, 4.69) is 5.32 Å². The number of hydrogen-bond donors (Lipinski definition) is 1. The lowest BCUT2D eigenvalue weighted by atomic mass is 9.75. The van der Waals surface area contributed by atoms with Crippen LogP contribution in [0.5, 0.6) is 17.2 Å². The zero-order valence-corrected chi connectivity index (χ0v) is 21.3. The molecule has 0 fully saturated rings. The highest BCUT2D eigenvalue weighted by Gasteiger charge is 2.46. The van der Waals surface area contributed by atoms with Crippen LogP contribution in [-0.2, 0) is 11.2 Å². The molecule has 0 saturated heterocycles. The predicted molar refractivity (Wildman–Crippen MR) is 138 cm³/mol. The summed E-state index contributed by atoms with van der Waals surface area (Å²) in [5.41, 5.74) is 4.47. The molecule has 0 spiro atoms. The van der Waals surface area contributed by atoms with E-state index in [1.54, 1.807) is 37.3 Å². The number of hydrogen-bond acceptors (Lipinski definition) is 5. The lowest BCUT2D eigenvalue weighted by Crippen LogP contribution is -2.49. The van der Waals surface area contributed by atoms with Crippen molar-refractivity contribution in [3.63, 3.8) is 0 Å². The standard InChI is InChI=1S/C28H27ClN2O5/c1-15-11-21(22(34-2)14-20(15)29)30-27(32)25-17-7-5-6-8-18(17)28(33)31-10-9-16-12-23(35-3)24(36-4)13-19(16)26(25)31/h5-8,11-14,25-26H,9-10H2,1-4H3,(H,30,32)/t25-,26+/m0/s1. The van der Waals surface area contributed by atoms with Gasteiger partial charge in [0.1, 0.15) is 5.75 Å². The van der Waals surface area contributed by atoms with Crippen molar-refractivity contribution < 1.29 is 23.8 Å². The number of halogens is 1. The zero-order chi connectivity index (χ0) is 25.6. The average molecular weight is 507 g/mol. The number of anilines is 1. The fourth-order valence-corrected chi connectivity index (χ4v) is 5.43. The van der Waals surface area contributed by atoms with Gasteiger partial charge in [-0.1, -0.05) is 29.8 Å². The van der Waals surface area contributed by atoms with Crippen LogP contribution in [0.4, 0.5) is 5.69 Å². The SMILES string of the molecule is COc1cc(Cl)c(C)cc1NC(=O)[C@H]1c2ccccc2C(=O)N2CCc3cc(OC)c(OC)cc3[C@H]12. The first-order chi connectivity index (χ1) is 17.4. The number of carbonyl (C=O) groups is 2. The molecule has 2 atom stereocenters. The van der Waals surface area contributed by atoms with Crippen molar-refractivity contribution in [3.8, 4) is 17.2 Å². The van der Waals surface area contributed by atoms with Crippen LogP contribution >= 0.6 is 11.6 Å². The van der Waals surface area contributed by atoms with E-state index in [4.69, 9.17) is 25.8 Å². The molecule has 3 aromatic carbocycles. The fourth-order valence-electron chi connectivity index (χ4n) is 5.28. The number of carbonyl (C=O) groups excluding carboxylic acids is 2. The lowest BCUT2D eigenvalue weighted by molar-refractivity contribution is -0.119. The number of rotatable bonds is 5. The van der Waals surface area contributed by atoms with E-state index in [9.17, 15) is 9.59 Å². The molecule has 5 rings (SSSR count). The monoisotopic (exact) mass is 506 g/mol. The van der Waals surface area contributed by atoms with Gasteiger partial charge in [0.05, 0.1) is 39.0 Å². The van der Waals surface area contributed by atoms with E-state index in [-0.39, 0.29) is 11.8 Å². The normalized spacial score (nSPS) is 18.0. The molecule has 2 heterocycles. The van der Waals surface area contributed by atoms with Gasteiger partial charge in [-0.05, 0) is 59.9 Å². The van der Waals surface area contributed by atoms with Gasteiger partial charge in [-0.15, -0.1) is 0 Å². The Morgan fingerprint density at radius 2 is 1.67 bits per heavy atom. The topological polar surface area (TPSA) is 77.1 Å². The van der Waals surface area contributed by atoms with E-state index < -0.39 is 12.0 Å². The van der Waals surface area contributed by atoms with E-state index >= 15 is 0 Å². The van der Waals surface area contributed by atoms with Crippen molar-refractivity contribution in [1.29, 1.82) is 0 Å². The maximum atomic E-state index is 14.0. The van der Waals surface area contributed by atoms with Crippen molar-refractivity contribution in [1.82, 2.24) is 4.90 Å². The second kappa shape index (κ2) is 9.39. The summed E-state index contributed by atoms with van der Waals surface area (Å²) >= 11 is 6.27. The lowest BCUT2D eigenvalue weighted by Gasteiger charge is -2.45. The summed E-state index contributed by atoms with van der Waals surface area (Å²) in [6.45, 7) is 2.36. The maximum absolute atomic E-state index is 14.0. The van der Waals surface area contributed by atoms with E-state index in [1.807, 2.05) is 37.3 Å². The number of nitrogens with one attached hydrogen (secondary N) is 1. The first-order valence-corrected chi connectivity index (χ1v) is 12.1. The van der Waals surface area contributed by atoms with E-state index in [1.165, 1.54) is 7.11 Å². The van der Waals surface area contributed by atoms with Gasteiger partial charge in [0.15, 0.2) is 11.5 Å². The van der Waals surface area contributed by atoms with Gasteiger partial charge < -0.3 is 24.4 Å². The Morgan fingerprint density at radius 3 is 2.39 bits per heavy atom. The molecule has 8 heteroatoms. The fraction of sp³-hybridized carbons (Fsp3) is 0.286. The first kappa shape index (κ1) is 24.0. The Labute approximate surface area is 214 Å². The molecular weight excluding hydrogens is 480 g/mol. The number of ether oxygens (including phenoxy) is 3. The van der Waals surface area contributed by atoms with Crippen LogP contribution in [0.1, 0.15) is 44.6 Å². The number of methoxy groups -OCH3 is 3. The van der Waals surface area contributed by atoms with Gasteiger partial charge in [-0.25, -0.2) is 0 Å². The first-order valence-electron chi connectivity index (χ1n) is 11.7. The minimum atomic E-state index is -0.656. The Bertz CT molecular complexity index is 1370. The molecule has 36 heavy (non-hydrogen) atoms. The van der Waals surface area contributed by atoms with E-state index in [0.29, 0.717) is 52.1 Å². The quantitative estimate of drug-likeness (QED) is 0.518. The second-order valence-corrected chi connectivity index (χ2v) is 9.36. The summed E-state index contributed by atoms with van der Waals surface area (Å²) in [6, 6.07) is 14.1. The summed E-state index contributed by atoms with van der Waals surface area (Å²) < 4.78 is 16.6. The number of nitrogens with zero attached hydrogens (tertiary/aromatic N) is 1. The number of benzene rings is 3. The number of aryl methyl sites for hydroxylation is 1. The van der Waals surface area contributed by atoms with Gasteiger partial charge in [0.25, 0.3) is 5.91 Å². The van der Waals surface area contributed by atoms with Gasteiger partial charge in [-0.3, -0.25) is 9.59 Å². The molecule has 2 aliphatic rings. The third-order valence-corrected chi connectivity index (χ3v) is 7.45. The smallest absolute Gasteiger partial charge is 0.254 e. The second-order valence-electron chi connectivity index (χ2n) is 8.96. The molecule has 7 nitrogen and oxygen atoms in total. The predicted octanol–water partition coefficient (Wildman–Crippen LogP) is 5.15. The van der Waals surface area contributed by atoms with Gasteiger partial charge in [-0.2, -0.15) is 0 Å². The third kappa shape index (κ3) is 3.84. The molecule has 0 aliphatic carbocycles. The van der Waals surface area contributed by atoms with Crippen molar-refractivity contribution >= 4 is 29.1 Å². The molecule has 2 amide bonds. The summed E-state index contributed by atoms with van der Waals surface area (Å²) in [5.74, 6) is 0.656. The van der Waals surface area contributed by atoms with E-state index in [0.717, 1.165) is 16.7 Å². The molecule has 186 valence electrons. The zero-order valence-electron chi connectivity index (χ0n) is 20.6. The van der Waals surface area contributed by atoms with Crippen LogP contribution in [0.15, 0.2) is 48.5 Å². The van der Waals surface area contributed by atoms with Gasteiger partial charge >= 0.3 is 0 Å². The molecule has 2 aliphatic heterocycles. The molecule has 0 bridgehead atoms. The van der Waals surface area contributed by atoms with Crippen molar-refractivity contribution in [3.05, 3.63) is 81.4 Å². The highest BCUT2D eigenvalue weighted by atomic mass is 35.5.